The van der Waals surface area contributed by atoms with Crippen LogP contribution in [0.15, 0.2) is 18.2 Å². The summed E-state index contributed by atoms with van der Waals surface area (Å²) >= 11 is 0. The Labute approximate surface area is 143 Å². The van der Waals surface area contributed by atoms with Gasteiger partial charge in [-0.1, -0.05) is 25.6 Å². The second kappa shape index (κ2) is 6.28. The van der Waals surface area contributed by atoms with Gasteiger partial charge >= 0.3 is 0 Å². The van der Waals surface area contributed by atoms with E-state index in [9.17, 15) is 4.79 Å². The Morgan fingerprint density at radius 3 is 2.65 bits per heavy atom. The number of rotatable bonds is 4. The molecule has 2 aromatic rings. The number of benzene rings is 1. The van der Waals surface area contributed by atoms with E-state index in [0.717, 1.165) is 10.9 Å². The monoisotopic (exact) mass is 344 g/mol. The van der Waals surface area contributed by atoms with Gasteiger partial charge in [0.15, 0.2) is 0 Å². The Morgan fingerprint density at radius 1 is 1.26 bits per heavy atom. The summed E-state index contributed by atoms with van der Waals surface area (Å²) < 4.78 is 0.714. The molecular formula is C18H28N2OSi2. The number of carbonyl (C=O) groups is 1. The highest BCUT2D eigenvalue weighted by atomic mass is 28.3. The van der Waals surface area contributed by atoms with Crippen LogP contribution in [-0.2, 0) is 0 Å². The third kappa shape index (κ3) is 3.17. The summed E-state index contributed by atoms with van der Waals surface area (Å²) in [7, 11) is 0.0559. The molecule has 0 aliphatic heterocycles. The normalized spacial score (nSPS) is 25.3. The quantitative estimate of drug-likeness (QED) is 0.823. The van der Waals surface area contributed by atoms with E-state index in [4.69, 9.17) is 0 Å². The third-order valence-corrected chi connectivity index (χ3v) is 13.2. The number of nitrogens with one attached hydrogen (secondary N) is 2. The predicted octanol–water partition coefficient (Wildman–Crippen LogP) is 2.62. The van der Waals surface area contributed by atoms with Crippen molar-refractivity contribution in [1.29, 1.82) is 0 Å². The second-order valence-electron chi connectivity index (χ2n) is 7.35. The molecule has 1 fully saturated rings. The number of aromatic nitrogens is 1. The van der Waals surface area contributed by atoms with Crippen molar-refractivity contribution in [3.63, 3.8) is 0 Å². The molecule has 0 saturated heterocycles. The molecule has 1 aromatic heterocycles. The lowest BCUT2D eigenvalue weighted by Crippen LogP contribution is -2.34. The maximum Gasteiger partial charge on any atom is 0.267 e. The van der Waals surface area contributed by atoms with Gasteiger partial charge in [-0.2, -0.15) is 0 Å². The fourth-order valence-corrected chi connectivity index (χ4v) is 8.60. The molecule has 3 nitrogen and oxygen atoms in total. The fourth-order valence-electron chi connectivity index (χ4n) is 4.21. The van der Waals surface area contributed by atoms with Crippen molar-refractivity contribution in [3.8, 4) is 0 Å². The van der Waals surface area contributed by atoms with Crippen LogP contribution in [0.1, 0.15) is 40.9 Å². The molecule has 1 amide bonds. The van der Waals surface area contributed by atoms with Gasteiger partial charge in [0, 0.05) is 36.0 Å². The molecule has 1 aliphatic carbocycles. The van der Waals surface area contributed by atoms with Crippen LogP contribution >= 0.6 is 0 Å². The van der Waals surface area contributed by atoms with Crippen molar-refractivity contribution >= 4 is 35.8 Å². The van der Waals surface area contributed by atoms with Crippen molar-refractivity contribution in [2.45, 2.75) is 56.9 Å². The average molecular weight is 345 g/mol. The van der Waals surface area contributed by atoms with Crippen molar-refractivity contribution in [2.24, 2.45) is 0 Å². The van der Waals surface area contributed by atoms with E-state index in [-0.39, 0.29) is 24.9 Å². The molecule has 1 heterocycles. The van der Waals surface area contributed by atoms with Crippen LogP contribution in [0.25, 0.3) is 10.9 Å². The van der Waals surface area contributed by atoms with E-state index in [0.29, 0.717) is 16.4 Å². The Bertz CT molecular complexity index is 734. The molecule has 0 radical (unpaired) electrons. The van der Waals surface area contributed by atoms with E-state index in [1.165, 1.54) is 30.4 Å². The average Bonchev–Trinajstić information content (AvgIpc) is 3.12. The molecular weight excluding hydrogens is 316 g/mol. The minimum atomic E-state index is 0.0279. The van der Waals surface area contributed by atoms with Crippen molar-refractivity contribution in [1.82, 2.24) is 10.3 Å². The van der Waals surface area contributed by atoms with Gasteiger partial charge in [0.1, 0.15) is 5.69 Å². The van der Waals surface area contributed by atoms with Gasteiger partial charge in [0.05, 0.1) is 0 Å². The van der Waals surface area contributed by atoms with Gasteiger partial charge in [-0.05, 0) is 54.6 Å². The molecule has 1 atom stereocenters. The Kier molecular flexibility index (Phi) is 4.51. The van der Waals surface area contributed by atoms with Crippen LogP contribution < -0.4 is 5.32 Å². The highest BCUT2D eigenvalue weighted by molar-refractivity contribution is 6.60. The topological polar surface area (TPSA) is 44.9 Å². The lowest BCUT2D eigenvalue weighted by atomic mass is 10.1. The van der Waals surface area contributed by atoms with E-state index in [2.05, 4.69) is 49.4 Å². The van der Waals surface area contributed by atoms with E-state index in [1.54, 1.807) is 0 Å². The maximum atomic E-state index is 12.6. The molecule has 1 saturated carbocycles. The third-order valence-electron chi connectivity index (χ3n) is 5.87. The molecule has 0 bridgehead atoms. The lowest BCUT2D eigenvalue weighted by molar-refractivity contribution is 0.0933. The van der Waals surface area contributed by atoms with E-state index < -0.39 is 0 Å². The van der Waals surface area contributed by atoms with Crippen LogP contribution in [0.5, 0.6) is 0 Å². The number of amides is 1. The molecule has 124 valence electrons. The van der Waals surface area contributed by atoms with Crippen LogP contribution in [-0.4, -0.2) is 36.0 Å². The van der Waals surface area contributed by atoms with Gasteiger partial charge < -0.3 is 10.3 Å². The summed E-state index contributed by atoms with van der Waals surface area (Å²) in [4.78, 5) is 15.9. The smallest absolute Gasteiger partial charge is 0.267 e. The van der Waals surface area contributed by atoms with Gasteiger partial charge in [0.25, 0.3) is 5.91 Å². The second-order valence-corrected chi connectivity index (χ2v) is 12.8. The van der Waals surface area contributed by atoms with Gasteiger partial charge in [-0.15, -0.1) is 0 Å². The number of hydrogen-bond donors (Lipinski definition) is 2. The number of fused-ring (bicyclic) bond motifs is 1. The zero-order valence-electron chi connectivity index (χ0n) is 14.8. The van der Waals surface area contributed by atoms with Crippen molar-refractivity contribution in [3.05, 3.63) is 35.0 Å². The largest absolute Gasteiger partial charge is 0.351 e. The predicted molar refractivity (Wildman–Crippen MR) is 104 cm³/mol. The molecule has 0 spiro atoms. The molecule has 23 heavy (non-hydrogen) atoms. The molecule has 1 aromatic carbocycles. The summed E-state index contributed by atoms with van der Waals surface area (Å²) in [6, 6.07) is 6.67. The Hall–Kier alpha value is -1.34. The highest BCUT2D eigenvalue weighted by Gasteiger charge is 2.37. The van der Waals surface area contributed by atoms with Crippen LogP contribution in [0.2, 0.25) is 17.8 Å². The first-order valence-corrected chi connectivity index (χ1v) is 13.1. The van der Waals surface area contributed by atoms with Gasteiger partial charge in [-0.25, -0.2) is 0 Å². The van der Waals surface area contributed by atoms with Crippen molar-refractivity contribution < 1.29 is 4.79 Å². The summed E-state index contributed by atoms with van der Waals surface area (Å²) in [5.74, 6) is 0.0644. The molecule has 5 heteroatoms. The SMILES string of the molecule is C[SiH2]C1([SiH2]C)CCC(NC(=O)c2cc3c(C)cc(C)cc3[nH]2)C1. The molecule has 1 aliphatic rings. The minimum Gasteiger partial charge on any atom is -0.351 e. The number of aromatic amines is 1. The van der Waals surface area contributed by atoms with Crippen molar-refractivity contribution in [2.75, 3.05) is 0 Å². The van der Waals surface area contributed by atoms with E-state index in [1.807, 2.05) is 6.07 Å². The summed E-state index contributed by atoms with van der Waals surface area (Å²) in [6.07, 6.45) is 3.77. The zero-order valence-corrected chi connectivity index (χ0v) is 17.6. The zero-order chi connectivity index (χ0) is 16.6. The Morgan fingerprint density at radius 2 is 2.00 bits per heavy atom. The maximum absolute atomic E-state index is 12.6. The van der Waals surface area contributed by atoms with Gasteiger partial charge in [0.2, 0.25) is 0 Å². The lowest BCUT2D eigenvalue weighted by Gasteiger charge is -2.25. The first-order chi connectivity index (χ1) is 11.0. The van der Waals surface area contributed by atoms with Crippen LogP contribution in [0.3, 0.4) is 0 Å². The number of hydrogen-bond acceptors (Lipinski definition) is 1. The standard InChI is InChI=1S/C18H28N2OSi2/c1-11-7-12(2)14-9-16(20-15(14)8-11)17(21)19-13-5-6-18(10-13,22-3)23-4/h7-9,13,20H,5-6,10,22-23H2,1-4H3,(H,19,21). The molecule has 2 N–H and O–H groups in total. The van der Waals surface area contributed by atoms with Crippen LogP contribution in [0, 0.1) is 13.8 Å². The highest BCUT2D eigenvalue weighted by Crippen LogP contribution is 2.43. The van der Waals surface area contributed by atoms with Crippen LogP contribution in [0.4, 0.5) is 0 Å². The summed E-state index contributed by atoms with van der Waals surface area (Å²) in [5.41, 5.74) is 4.22. The fraction of sp³-hybridized carbons (Fsp3) is 0.500. The Balaban J connectivity index is 1.76. The van der Waals surface area contributed by atoms with Gasteiger partial charge in [-0.3, -0.25) is 4.79 Å². The first-order valence-electron chi connectivity index (χ1n) is 8.87. The summed E-state index contributed by atoms with van der Waals surface area (Å²) in [6.45, 7) is 9.09. The first kappa shape index (κ1) is 16.5. The molecule has 3 rings (SSSR count). The molecule has 1 unspecified atom stereocenters. The number of aryl methyl sites for hydroxylation is 2. The summed E-state index contributed by atoms with van der Waals surface area (Å²) in [5, 5.41) is 4.44. The number of H-pyrrole nitrogens is 1. The van der Waals surface area contributed by atoms with E-state index >= 15 is 0 Å². The minimum absolute atomic E-state index is 0.0279. The number of carbonyl (C=O) groups excluding carboxylic acids is 1.